The Morgan fingerprint density at radius 3 is 2.58 bits per heavy atom. The Balaban J connectivity index is 1.63. The van der Waals surface area contributed by atoms with Gasteiger partial charge in [0.1, 0.15) is 10.6 Å². The van der Waals surface area contributed by atoms with E-state index in [1.807, 2.05) is 36.4 Å². The molecule has 0 fully saturated rings. The summed E-state index contributed by atoms with van der Waals surface area (Å²) >= 11 is 0. The number of rotatable bonds is 7. The molecule has 8 nitrogen and oxygen atoms in total. The summed E-state index contributed by atoms with van der Waals surface area (Å²) in [5.74, 6) is -0.132. The molecule has 172 valence electrons. The molecule has 1 aliphatic rings. The fourth-order valence-corrected chi connectivity index (χ4v) is 5.23. The van der Waals surface area contributed by atoms with E-state index in [-0.39, 0.29) is 35.3 Å². The van der Waals surface area contributed by atoms with Crippen LogP contribution >= 0.6 is 0 Å². The molecule has 1 aromatic heterocycles. The van der Waals surface area contributed by atoms with Crippen LogP contribution < -0.4 is 4.74 Å². The Kier molecular flexibility index (Phi) is 6.62. The van der Waals surface area contributed by atoms with Gasteiger partial charge in [0.2, 0.25) is 10.0 Å². The number of hydrogen-bond donors (Lipinski definition) is 0. The lowest BCUT2D eigenvalue weighted by molar-refractivity contribution is 0.0514. The quantitative estimate of drug-likeness (QED) is 0.483. The first kappa shape index (κ1) is 22.8. The standard InChI is InChI=1S/C24H24N2O6S/c1-3-31-24(27)20-16-22(32-25-20)19-9-10-21(30-2)23(15-19)33(28,29)26-13-11-18(12-14-26)17-7-5-4-6-8-17/h4-11,15-16H,3,12-14H2,1-2H3. The molecule has 0 saturated heterocycles. The van der Waals surface area contributed by atoms with Gasteiger partial charge in [0, 0.05) is 24.7 Å². The summed E-state index contributed by atoms with van der Waals surface area (Å²) < 4.78 is 43.9. The van der Waals surface area contributed by atoms with Crippen molar-refractivity contribution in [1.82, 2.24) is 9.46 Å². The van der Waals surface area contributed by atoms with Crippen molar-refractivity contribution in [1.29, 1.82) is 0 Å². The van der Waals surface area contributed by atoms with Gasteiger partial charge in [-0.3, -0.25) is 0 Å². The normalized spacial score (nSPS) is 14.5. The molecular weight excluding hydrogens is 444 g/mol. The van der Waals surface area contributed by atoms with E-state index in [0.717, 1.165) is 11.1 Å². The Hall–Kier alpha value is -3.43. The van der Waals surface area contributed by atoms with Crippen molar-refractivity contribution in [2.24, 2.45) is 0 Å². The molecule has 3 aromatic rings. The van der Waals surface area contributed by atoms with Crippen molar-refractivity contribution in [3.05, 3.63) is 71.9 Å². The van der Waals surface area contributed by atoms with Crippen molar-refractivity contribution in [2.45, 2.75) is 18.2 Å². The van der Waals surface area contributed by atoms with Crippen molar-refractivity contribution < 1.29 is 27.2 Å². The molecule has 0 N–H and O–H groups in total. The highest BCUT2D eigenvalue weighted by molar-refractivity contribution is 7.89. The van der Waals surface area contributed by atoms with E-state index in [9.17, 15) is 13.2 Å². The van der Waals surface area contributed by atoms with Crippen LogP contribution in [0.1, 0.15) is 29.4 Å². The number of benzene rings is 2. The maximum absolute atomic E-state index is 13.5. The molecule has 9 heteroatoms. The molecule has 0 amide bonds. The van der Waals surface area contributed by atoms with E-state index >= 15 is 0 Å². The monoisotopic (exact) mass is 468 g/mol. The first-order valence-electron chi connectivity index (χ1n) is 10.5. The van der Waals surface area contributed by atoms with Gasteiger partial charge in [-0.2, -0.15) is 4.31 Å². The largest absolute Gasteiger partial charge is 0.495 e. The van der Waals surface area contributed by atoms with Crippen molar-refractivity contribution in [3.63, 3.8) is 0 Å². The lowest BCUT2D eigenvalue weighted by Gasteiger charge is -2.26. The van der Waals surface area contributed by atoms with Gasteiger partial charge >= 0.3 is 5.97 Å². The summed E-state index contributed by atoms with van der Waals surface area (Å²) in [5, 5.41) is 3.72. The molecule has 2 heterocycles. The van der Waals surface area contributed by atoms with Gasteiger partial charge < -0.3 is 14.0 Å². The van der Waals surface area contributed by atoms with Gasteiger partial charge in [0.15, 0.2) is 11.5 Å². The van der Waals surface area contributed by atoms with Crippen LogP contribution in [-0.2, 0) is 14.8 Å². The minimum atomic E-state index is -3.85. The van der Waals surface area contributed by atoms with Crippen LogP contribution in [-0.4, -0.2) is 50.7 Å². The minimum Gasteiger partial charge on any atom is -0.495 e. The van der Waals surface area contributed by atoms with Gasteiger partial charge in [-0.15, -0.1) is 0 Å². The molecular formula is C24H24N2O6S. The molecule has 1 aliphatic heterocycles. The first-order chi connectivity index (χ1) is 15.9. The predicted molar refractivity (Wildman–Crippen MR) is 122 cm³/mol. The van der Waals surface area contributed by atoms with E-state index in [0.29, 0.717) is 18.5 Å². The summed E-state index contributed by atoms with van der Waals surface area (Å²) in [4.78, 5) is 11.9. The zero-order valence-corrected chi connectivity index (χ0v) is 19.2. The number of carbonyl (C=O) groups is 1. The van der Waals surface area contributed by atoms with Gasteiger partial charge in [-0.05, 0) is 42.7 Å². The third kappa shape index (κ3) is 4.69. The van der Waals surface area contributed by atoms with Crippen LogP contribution in [0, 0.1) is 0 Å². The van der Waals surface area contributed by atoms with Gasteiger partial charge in [0.25, 0.3) is 0 Å². The lowest BCUT2D eigenvalue weighted by atomic mass is 10.0. The van der Waals surface area contributed by atoms with Crippen molar-refractivity contribution >= 4 is 21.6 Å². The van der Waals surface area contributed by atoms with Crippen molar-refractivity contribution in [2.75, 3.05) is 26.8 Å². The van der Waals surface area contributed by atoms with E-state index in [4.69, 9.17) is 14.0 Å². The van der Waals surface area contributed by atoms with Crippen LogP contribution in [0.15, 0.2) is 70.1 Å². The molecule has 0 unspecified atom stereocenters. The third-order valence-corrected chi connectivity index (χ3v) is 7.26. The van der Waals surface area contributed by atoms with Gasteiger partial charge in [0.05, 0.1) is 13.7 Å². The van der Waals surface area contributed by atoms with Crippen LogP contribution in [0.2, 0.25) is 0 Å². The van der Waals surface area contributed by atoms with Crippen LogP contribution in [0.5, 0.6) is 5.75 Å². The second-order valence-corrected chi connectivity index (χ2v) is 9.28. The number of aromatic nitrogens is 1. The third-order valence-electron chi connectivity index (χ3n) is 5.38. The van der Waals surface area contributed by atoms with Crippen molar-refractivity contribution in [3.8, 4) is 17.1 Å². The second-order valence-electron chi connectivity index (χ2n) is 7.37. The Morgan fingerprint density at radius 2 is 1.91 bits per heavy atom. The van der Waals surface area contributed by atoms with E-state index in [2.05, 4.69) is 5.16 Å². The van der Waals surface area contributed by atoms with E-state index < -0.39 is 16.0 Å². The van der Waals surface area contributed by atoms with Crippen LogP contribution in [0.3, 0.4) is 0 Å². The Labute approximate surface area is 192 Å². The zero-order chi connectivity index (χ0) is 23.4. The molecule has 4 rings (SSSR count). The lowest BCUT2D eigenvalue weighted by Crippen LogP contribution is -2.34. The maximum Gasteiger partial charge on any atom is 0.360 e. The summed E-state index contributed by atoms with van der Waals surface area (Å²) in [7, 11) is -2.43. The van der Waals surface area contributed by atoms with E-state index in [1.54, 1.807) is 19.1 Å². The number of sulfonamides is 1. The highest BCUT2D eigenvalue weighted by Gasteiger charge is 2.30. The fraction of sp³-hybridized carbons (Fsp3) is 0.250. The Morgan fingerprint density at radius 1 is 1.12 bits per heavy atom. The highest BCUT2D eigenvalue weighted by Crippen LogP contribution is 2.34. The summed E-state index contributed by atoms with van der Waals surface area (Å²) in [5.41, 5.74) is 2.68. The molecule has 33 heavy (non-hydrogen) atoms. The second kappa shape index (κ2) is 9.60. The topological polar surface area (TPSA) is 98.9 Å². The van der Waals surface area contributed by atoms with Gasteiger partial charge in [-0.1, -0.05) is 41.6 Å². The van der Waals surface area contributed by atoms with Crippen LogP contribution in [0.4, 0.5) is 0 Å². The number of ether oxygens (including phenoxy) is 2. The molecule has 0 aliphatic carbocycles. The number of methoxy groups -OCH3 is 1. The first-order valence-corrected chi connectivity index (χ1v) is 11.9. The van der Waals surface area contributed by atoms with Gasteiger partial charge in [-0.25, -0.2) is 13.2 Å². The number of carbonyl (C=O) groups excluding carboxylic acids is 1. The average molecular weight is 469 g/mol. The molecule has 2 aromatic carbocycles. The molecule has 0 bridgehead atoms. The molecule has 0 atom stereocenters. The number of hydrogen-bond acceptors (Lipinski definition) is 7. The van der Waals surface area contributed by atoms with Crippen LogP contribution in [0.25, 0.3) is 16.9 Å². The average Bonchev–Trinajstić information content (AvgIpc) is 3.35. The van der Waals surface area contributed by atoms with E-state index in [1.165, 1.54) is 23.5 Å². The minimum absolute atomic E-state index is 0.0154. The predicted octanol–water partition coefficient (Wildman–Crippen LogP) is 4.00. The smallest absolute Gasteiger partial charge is 0.360 e. The number of esters is 1. The molecule has 0 spiro atoms. The number of nitrogens with zero attached hydrogens (tertiary/aromatic N) is 2. The summed E-state index contributed by atoms with van der Waals surface area (Å²) in [6, 6.07) is 16.0. The maximum atomic E-state index is 13.5. The molecule has 0 saturated carbocycles. The highest BCUT2D eigenvalue weighted by atomic mass is 32.2. The zero-order valence-electron chi connectivity index (χ0n) is 18.4. The summed E-state index contributed by atoms with van der Waals surface area (Å²) in [6.07, 6.45) is 2.55. The molecule has 0 radical (unpaired) electrons. The Bertz CT molecular complexity index is 1280. The SMILES string of the molecule is CCOC(=O)c1cc(-c2ccc(OC)c(S(=O)(=O)N3CC=C(c4ccccc4)CC3)c2)on1. The summed E-state index contributed by atoms with van der Waals surface area (Å²) in [6.45, 7) is 2.52. The fourth-order valence-electron chi connectivity index (χ4n) is 3.67.